The van der Waals surface area contributed by atoms with Gasteiger partial charge >= 0.3 is 0 Å². The molecular formula is C20H12Br2N2O2. The van der Waals surface area contributed by atoms with Crippen LogP contribution in [0.3, 0.4) is 0 Å². The Bertz CT molecular complexity index is 1080. The van der Waals surface area contributed by atoms with Gasteiger partial charge in [0.1, 0.15) is 17.4 Å². The molecule has 4 nitrogen and oxygen atoms in total. The van der Waals surface area contributed by atoms with Crippen LogP contribution in [0.2, 0.25) is 0 Å². The number of aromatic hydroxyl groups is 1. The van der Waals surface area contributed by atoms with E-state index < -0.39 is 5.91 Å². The zero-order valence-electron chi connectivity index (χ0n) is 13.3. The van der Waals surface area contributed by atoms with Crippen molar-refractivity contribution in [3.63, 3.8) is 0 Å². The summed E-state index contributed by atoms with van der Waals surface area (Å²) in [6, 6.07) is 18.4. The molecule has 6 heteroatoms. The summed E-state index contributed by atoms with van der Waals surface area (Å²) in [7, 11) is 0. The van der Waals surface area contributed by atoms with E-state index in [-0.39, 0.29) is 11.3 Å². The molecule has 0 radical (unpaired) electrons. The lowest BCUT2D eigenvalue weighted by molar-refractivity contribution is -0.112. The van der Waals surface area contributed by atoms with Crippen LogP contribution in [0, 0.1) is 11.3 Å². The van der Waals surface area contributed by atoms with Gasteiger partial charge in [-0.05, 0) is 45.6 Å². The average molecular weight is 472 g/mol. The van der Waals surface area contributed by atoms with Gasteiger partial charge in [0.25, 0.3) is 5.91 Å². The maximum absolute atomic E-state index is 12.6. The van der Waals surface area contributed by atoms with Crippen LogP contribution in [0.4, 0.5) is 5.69 Å². The van der Waals surface area contributed by atoms with Gasteiger partial charge in [-0.15, -0.1) is 0 Å². The maximum atomic E-state index is 12.6. The summed E-state index contributed by atoms with van der Waals surface area (Å²) in [5.74, 6) is -0.585. The van der Waals surface area contributed by atoms with Crippen molar-refractivity contribution in [1.29, 1.82) is 5.26 Å². The first-order chi connectivity index (χ1) is 12.5. The second kappa shape index (κ2) is 7.73. The van der Waals surface area contributed by atoms with Crippen molar-refractivity contribution >= 4 is 60.3 Å². The second-order valence-electron chi connectivity index (χ2n) is 5.48. The highest BCUT2D eigenvalue weighted by Gasteiger charge is 2.13. The molecule has 0 saturated heterocycles. The number of fused-ring (bicyclic) bond motifs is 1. The number of nitrogens with zero attached hydrogens (tertiary/aromatic N) is 1. The van der Waals surface area contributed by atoms with Crippen LogP contribution in [0.25, 0.3) is 16.8 Å². The van der Waals surface area contributed by atoms with Crippen molar-refractivity contribution in [3.05, 3.63) is 74.7 Å². The van der Waals surface area contributed by atoms with E-state index in [1.54, 1.807) is 18.2 Å². The number of phenols is 1. The summed E-state index contributed by atoms with van der Waals surface area (Å²) < 4.78 is 1.17. The maximum Gasteiger partial charge on any atom is 0.266 e. The van der Waals surface area contributed by atoms with Gasteiger partial charge in [-0.3, -0.25) is 4.79 Å². The minimum atomic E-state index is -0.542. The number of amides is 1. The number of nitrogens with one attached hydrogen (secondary N) is 1. The van der Waals surface area contributed by atoms with Crippen LogP contribution in [0.15, 0.2) is 69.1 Å². The smallest absolute Gasteiger partial charge is 0.266 e. The number of phenolic OH excluding ortho intramolecular Hbond substituents is 1. The number of benzene rings is 3. The molecule has 128 valence electrons. The molecule has 3 aromatic rings. The molecule has 2 N–H and O–H groups in total. The molecule has 0 aromatic heterocycles. The predicted molar refractivity (Wildman–Crippen MR) is 110 cm³/mol. The van der Waals surface area contributed by atoms with E-state index in [0.717, 1.165) is 10.8 Å². The molecule has 0 heterocycles. The van der Waals surface area contributed by atoms with Crippen LogP contribution in [0.5, 0.6) is 5.75 Å². The van der Waals surface area contributed by atoms with E-state index in [1.165, 1.54) is 6.08 Å². The summed E-state index contributed by atoms with van der Waals surface area (Å²) in [6.45, 7) is 0. The van der Waals surface area contributed by atoms with Gasteiger partial charge in [-0.1, -0.05) is 52.3 Å². The molecule has 26 heavy (non-hydrogen) atoms. The summed E-state index contributed by atoms with van der Waals surface area (Å²) in [5, 5.41) is 24.2. The van der Waals surface area contributed by atoms with E-state index >= 15 is 0 Å². The number of halogens is 2. The number of carbonyl (C=O) groups is 1. The number of anilines is 1. The second-order valence-corrected chi connectivity index (χ2v) is 7.25. The molecule has 0 bridgehead atoms. The van der Waals surface area contributed by atoms with Crippen LogP contribution in [0.1, 0.15) is 5.56 Å². The van der Waals surface area contributed by atoms with Crippen molar-refractivity contribution in [3.8, 4) is 11.8 Å². The van der Waals surface area contributed by atoms with Gasteiger partial charge in [-0.25, -0.2) is 0 Å². The Morgan fingerprint density at radius 1 is 1.12 bits per heavy atom. The third-order valence-corrected chi connectivity index (χ3v) is 4.82. The van der Waals surface area contributed by atoms with Crippen LogP contribution < -0.4 is 5.32 Å². The van der Waals surface area contributed by atoms with E-state index in [9.17, 15) is 15.2 Å². The van der Waals surface area contributed by atoms with E-state index in [1.807, 2.05) is 42.5 Å². The fraction of sp³-hybridized carbons (Fsp3) is 0. The summed E-state index contributed by atoms with van der Waals surface area (Å²) in [5.41, 5.74) is 0.864. The van der Waals surface area contributed by atoms with Crippen LogP contribution >= 0.6 is 31.9 Å². The Hall–Kier alpha value is -2.62. The lowest BCUT2D eigenvalue weighted by Gasteiger charge is -2.09. The molecule has 0 spiro atoms. The van der Waals surface area contributed by atoms with Gasteiger partial charge in [0.2, 0.25) is 0 Å². The van der Waals surface area contributed by atoms with Gasteiger partial charge in [0.15, 0.2) is 0 Å². The van der Waals surface area contributed by atoms with Crippen molar-refractivity contribution in [1.82, 2.24) is 0 Å². The molecule has 3 aromatic carbocycles. The molecule has 0 atom stereocenters. The SMILES string of the molecule is N#C/C(=C\c1cc(Br)cc(Br)c1O)C(=O)Nc1cccc2ccccc12. The Morgan fingerprint density at radius 2 is 1.85 bits per heavy atom. The number of nitriles is 1. The highest BCUT2D eigenvalue weighted by atomic mass is 79.9. The number of carbonyl (C=O) groups excluding carboxylic acids is 1. The van der Waals surface area contributed by atoms with Crippen LogP contribution in [-0.2, 0) is 4.79 Å². The average Bonchev–Trinajstić information content (AvgIpc) is 2.63. The fourth-order valence-corrected chi connectivity index (χ4v) is 3.78. The Balaban J connectivity index is 1.96. The lowest BCUT2D eigenvalue weighted by atomic mass is 10.1. The van der Waals surface area contributed by atoms with E-state index in [0.29, 0.717) is 20.2 Å². The number of hydrogen-bond acceptors (Lipinski definition) is 3. The standard InChI is InChI=1S/C20H12Br2N2O2/c21-15-9-13(19(25)17(22)10-15)8-14(11-23)20(26)24-18-7-3-5-12-4-1-2-6-16(12)18/h1-10,25H,(H,24,26)/b14-8+. The van der Waals surface area contributed by atoms with Crippen molar-refractivity contribution < 1.29 is 9.90 Å². The van der Waals surface area contributed by atoms with Gasteiger partial charge in [0, 0.05) is 21.1 Å². The van der Waals surface area contributed by atoms with Crippen molar-refractivity contribution in [2.45, 2.75) is 0 Å². The first kappa shape index (κ1) is 18.2. The molecule has 0 unspecified atom stereocenters. The summed E-state index contributed by atoms with van der Waals surface area (Å²) >= 11 is 6.56. The van der Waals surface area contributed by atoms with E-state index in [2.05, 4.69) is 37.2 Å². The Morgan fingerprint density at radius 3 is 2.62 bits per heavy atom. The van der Waals surface area contributed by atoms with Gasteiger partial charge < -0.3 is 10.4 Å². The Kier molecular flexibility index (Phi) is 5.40. The molecule has 0 fully saturated rings. The highest BCUT2D eigenvalue weighted by molar-refractivity contribution is 9.11. The number of hydrogen-bond donors (Lipinski definition) is 2. The molecule has 3 rings (SSSR count). The van der Waals surface area contributed by atoms with Crippen LogP contribution in [-0.4, -0.2) is 11.0 Å². The quantitative estimate of drug-likeness (QED) is 0.384. The summed E-state index contributed by atoms with van der Waals surface area (Å²) in [6.07, 6.45) is 1.35. The third kappa shape index (κ3) is 3.79. The lowest BCUT2D eigenvalue weighted by Crippen LogP contribution is -2.13. The molecule has 0 aliphatic heterocycles. The van der Waals surface area contributed by atoms with Crippen molar-refractivity contribution in [2.24, 2.45) is 0 Å². The topological polar surface area (TPSA) is 73.1 Å². The fourth-order valence-electron chi connectivity index (χ4n) is 2.52. The zero-order chi connectivity index (χ0) is 18.7. The molecule has 0 saturated carbocycles. The molecular weight excluding hydrogens is 460 g/mol. The predicted octanol–water partition coefficient (Wildman–Crippen LogP) is 5.62. The van der Waals surface area contributed by atoms with Gasteiger partial charge in [-0.2, -0.15) is 5.26 Å². The first-order valence-electron chi connectivity index (χ1n) is 7.58. The normalized spacial score (nSPS) is 11.2. The third-order valence-electron chi connectivity index (χ3n) is 3.76. The number of rotatable bonds is 3. The monoisotopic (exact) mass is 470 g/mol. The summed E-state index contributed by atoms with van der Waals surface area (Å²) in [4.78, 5) is 12.6. The molecule has 0 aliphatic carbocycles. The minimum absolute atomic E-state index is 0.0427. The minimum Gasteiger partial charge on any atom is -0.506 e. The zero-order valence-corrected chi connectivity index (χ0v) is 16.5. The Labute approximate surface area is 167 Å². The first-order valence-corrected chi connectivity index (χ1v) is 9.17. The largest absolute Gasteiger partial charge is 0.506 e. The van der Waals surface area contributed by atoms with Gasteiger partial charge in [0.05, 0.1) is 4.47 Å². The highest BCUT2D eigenvalue weighted by Crippen LogP contribution is 2.33. The molecule has 0 aliphatic rings. The van der Waals surface area contributed by atoms with E-state index in [4.69, 9.17) is 0 Å². The molecule has 1 amide bonds. The van der Waals surface area contributed by atoms with Crippen molar-refractivity contribution in [2.75, 3.05) is 5.32 Å².